The Balaban J connectivity index is 2.44. The number of halogens is 3. The third-order valence-electron chi connectivity index (χ3n) is 2.57. The van der Waals surface area contributed by atoms with Crippen LogP contribution < -0.4 is 5.32 Å². The van der Waals surface area contributed by atoms with E-state index in [1.54, 1.807) is 0 Å². The van der Waals surface area contributed by atoms with E-state index in [9.17, 15) is 18.0 Å². The van der Waals surface area contributed by atoms with Crippen LogP contribution in [0.15, 0.2) is 18.3 Å². The first-order chi connectivity index (χ1) is 8.79. The summed E-state index contributed by atoms with van der Waals surface area (Å²) in [5.74, 6) is -0.421. The molecule has 0 saturated heterocycles. The number of carboxylic acid groups (broad SMARTS) is 1. The fraction of sp³-hybridized carbons (Fsp3) is 0.500. The first-order valence-corrected chi connectivity index (χ1v) is 5.78. The van der Waals surface area contributed by atoms with Gasteiger partial charge in [-0.05, 0) is 24.5 Å². The molecular weight excluding hydrogens is 261 g/mol. The molecule has 1 heterocycles. The molecule has 0 bridgehead atoms. The van der Waals surface area contributed by atoms with Crippen LogP contribution in [0, 0.1) is 5.92 Å². The minimum atomic E-state index is -4.39. The molecule has 0 aliphatic rings. The van der Waals surface area contributed by atoms with Crippen molar-refractivity contribution in [3.63, 3.8) is 0 Å². The zero-order chi connectivity index (χ0) is 14.5. The summed E-state index contributed by atoms with van der Waals surface area (Å²) in [6.45, 7) is 2.33. The van der Waals surface area contributed by atoms with Crippen molar-refractivity contribution in [3.8, 4) is 0 Å². The molecule has 1 unspecified atom stereocenters. The predicted molar refractivity (Wildman–Crippen MR) is 63.8 cm³/mol. The molecule has 4 nitrogen and oxygen atoms in total. The Hall–Kier alpha value is -1.79. The van der Waals surface area contributed by atoms with Gasteiger partial charge in [-0.25, -0.2) is 4.98 Å². The van der Waals surface area contributed by atoms with Gasteiger partial charge in [0.05, 0.1) is 5.56 Å². The van der Waals surface area contributed by atoms with E-state index in [1.165, 1.54) is 6.07 Å². The molecule has 0 radical (unpaired) electrons. The molecule has 0 fully saturated rings. The van der Waals surface area contributed by atoms with Crippen molar-refractivity contribution in [3.05, 3.63) is 23.9 Å². The molecule has 0 aliphatic carbocycles. The zero-order valence-corrected chi connectivity index (χ0v) is 10.4. The molecule has 0 saturated carbocycles. The highest BCUT2D eigenvalue weighted by atomic mass is 19.4. The van der Waals surface area contributed by atoms with Crippen LogP contribution in [0.4, 0.5) is 19.0 Å². The summed E-state index contributed by atoms with van der Waals surface area (Å²) in [4.78, 5) is 14.0. The SMILES string of the molecule is CC(CCC(=O)O)CNc1ccc(C(F)(F)F)cn1. The number of aromatic nitrogens is 1. The monoisotopic (exact) mass is 276 g/mol. The second-order valence-corrected chi connectivity index (χ2v) is 4.35. The minimum absolute atomic E-state index is 0.0727. The average Bonchev–Trinajstić information content (AvgIpc) is 2.33. The summed E-state index contributed by atoms with van der Waals surface area (Å²) in [6, 6.07) is 2.21. The van der Waals surface area contributed by atoms with Gasteiger partial charge in [0.15, 0.2) is 0 Å². The predicted octanol–water partition coefficient (Wildman–Crippen LogP) is 3.01. The van der Waals surface area contributed by atoms with Crippen molar-refractivity contribution in [1.29, 1.82) is 0 Å². The summed E-state index contributed by atoms with van der Waals surface area (Å²) in [5, 5.41) is 11.4. The molecule has 19 heavy (non-hydrogen) atoms. The van der Waals surface area contributed by atoms with E-state index in [4.69, 9.17) is 5.11 Å². The summed E-state index contributed by atoms with van der Waals surface area (Å²) >= 11 is 0. The number of rotatable bonds is 6. The fourth-order valence-electron chi connectivity index (χ4n) is 1.42. The standard InChI is InChI=1S/C12H15F3N2O2/c1-8(2-5-11(18)19)6-16-10-4-3-9(7-17-10)12(13,14)15/h3-4,7-8H,2,5-6H2,1H3,(H,16,17)(H,18,19). The lowest BCUT2D eigenvalue weighted by Gasteiger charge is -2.12. The van der Waals surface area contributed by atoms with Gasteiger partial charge in [-0.1, -0.05) is 6.92 Å². The minimum Gasteiger partial charge on any atom is -0.481 e. The number of alkyl halides is 3. The fourth-order valence-corrected chi connectivity index (χ4v) is 1.42. The quantitative estimate of drug-likeness (QED) is 0.838. The van der Waals surface area contributed by atoms with Crippen molar-refractivity contribution >= 4 is 11.8 Å². The molecular formula is C12H15F3N2O2. The number of hydrogen-bond acceptors (Lipinski definition) is 3. The van der Waals surface area contributed by atoms with Crippen LogP contribution in [0.2, 0.25) is 0 Å². The van der Waals surface area contributed by atoms with Gasteiger partial charge in [-0.3, -0.25) is 4.79 Å². The van der Waals surface area contributed by atoms with Crippen LogP contribution in [0.25, 0.3) is 0 Å². The van der Waals surface area contributed by atoms with Crippen LogP contribution in [0.1, 0.15) is 25.3 Å². The molecule has 0 amide bonds. The highest BCUT2D eigenvalue weighted by molar-refractivity contribution is 5.66. The topological polar surface area (TPSA) is 62.2 Å². The van der Waals surface area contributed by atoms with Crippen LogP contribution >= 0.6 is 0 Å². The van der Waals surface area contributed by atoms with Crippen LogP contribution in [0.5, 0.6) is 0 Å². The van der Waals surface area contributed by atoms with E-state index in [0.717, 1.165) is 12.3 Å². The lowest BCUT2D eigenvalue weighted by atomic mass is 10.1. The number of aliphatic carboxylic acids is 1. The normalized spacial score (nSPS) is 13.1. The zero-order valence-electron chi connectivity index (χ0n) is 10.4. The second-order valence-electron chi connectivity index (χ2n) is 4.35. The molecule has 0 aliphatic heterocycles. The summed E-state index contributed by atoms with van der Waals surface area (Å²) < 4.78 is 36.9. The van der Waals surface area contributed by atoms with Crippen LogP contribution in [-0.2, 0) is 11.0 Å². The molecule has 0 spiro atoms. The van der Waals surface area contributed by atoms with Gasteiger partial charge in [0, 0.05) is 19.2 Å². The molecule has 1 aromatic rings. The molecule has 106 valence electrons. The molecule has 1 atom stereocenters. The Bertz CT molecular complexity index is 418. The van der Waals surface area contributed by atoms with E-state index >= 15 is 0 Å². The van der Waals surface area contributed by atoms with Crippen LogP contribution in [0.3, 0.4) is 0 Å². The number of carbonyl (C=O) groups is 1. The van der Waals surface area contributed by atoms with Gasteiger partial charge in [-0.15, -0.1) is 0 Å². The van der Waals surface area contributed by atoms with E-state index in [2.05, 4.69) is 10.3 Å². The summed E-state index contributed by atoms with van der Waals surface area (Å²) in [6.07, 6.45) is -3.04. The number of carboxylic acids is 1. The largest absolute Gasteiger partial charge is 0.481 e. The van der Waals surface area contributed by atoms with Gasteiger partial charge < -0.3 is 10.4 Å². The van der Waals surface area contributed by atoms with Crippen molar-refractivity contribution in [1.82, 2.24) is 4.98 Å². The maximum absolute atomic E-state index is 12.3. The number of nitrogens with zero attached hydrogens (tertiary/aromatic N) is 1. The number of nitrogens with one attached hydrogen (secondary N) is 1. The van der Waals surface area contributed by atoms with Crippen molar-refractivity contribution < 1.29 is 23.1 Å². The van der Waals surface area contributed by atoms with Gasteiger partial charge in [0.25, 0.3) is 0 Å². The van der Waals surface area contributed by atoms with Gasteiger partial charge in [0.2, 0.25) is 0 Å². The lowest BCUT2D eigenvalue weighted by molar-refractivity contribution is -0.138. The van der Waals surface area contributed by atoms with E-state index in [-0.39, 0.29) is 12.3 Å². The molecule has 1 aromatic heterocycles. The summed E-state index contributed by atoms with van der Waals surface area (Å²) in [7, 11) is 0. The second kappa shape index (κ2) is 6.40. The lowest BCUT2D eigenvalue weighted by Crippen LogP contribution is -2.14. The van der Waals surface area contributed by atoms with Gasteiger partial charge >= 0.3 is 12.1 Å². The molecule has 2 N–H and O–H groups in total. The average molecular weight is 276 g/mol. The summed E-state index contributed by atoms with van der Waals surface area (Å²) in [5.41, 5.74) is -0.794. The highest BCUT2D eigenvalue weighted by Crippen LogP contribution is 2.28. The van der Waals surface area contributed by atoms with E-state index < -0.39 is 17.7 Å². The smallest absolute Gasteiger partial charge is 0.417 e. The Morgan fingerprint density at radius 3 is 2.63 bits per heavy atom. The van der Waals surface area contributed by atoms with Crippen molar-refractivity contribution in [2.75, 3.05) is 11.9 Å². The van der Waals surface area contributed by atoms with Gasteiger partial charge in [0.1, 0.15) is 5.82 Å². The Kier molecular flexibility index (Phi) is 5.14. The van der Waals surface area contributed by atoms with Crippen molar-refractivity contribution in [2.24, 2.45) is 5.92 Å². The first kappa shape index (κ1) is 15.3. The third-order valence-corrected chi connectivity index (χ3v) is 2.57. The third kappa shape index (κ3) is 5.58. The number of pyridine rings is 1. The molecule has 1 rings (SSSR count). The molecule has 7 heteroatoms. The maximum Gasteiger partial charge on any atom is 0.417 e. The Labute approximate surface area is 108 Å². The van der Waals surface area contributed by atoms with E-state index in [1.807, 2.05) is 6.92 Å². The first-order valence-electron chi connectivity index (χ1n) is 5.78. The van der Waals surface area contributed by atoms with Crippen LogP contribution in [-0.4, -0.2) is 22.6 Å². The van der Waals surface area contributed by atoms with Crippen molar-refractivity contribution in [2.45, 2.75) is 25.9 Å². The highest BCUT2D eigenvalue weighted by Gasteiger charge is 2.30. The Morgan fingerprint density at radius 1 is 1.47 bits per heavy atom. The molecule has 0 aromatic carbocycles. The maximum atomic E-state index is 12.3. The van der Waals surface area contributed by atoms with Gasteiger partial charge in [-0.2, -0.15) is 13.2 Å². The Morgan fingerprint density at radius 2 is 2.16 bits per heavy atom. The van der Waals surface area contributed by atoms with E-state index in [0.29, 0.717) is 18.8 Å². The number of hydrogen-bond donors (Lipinski definition) is 2. The number of anilines is 1.